The third kappa shape index (κ3) is 3.18. The Hall–Kier alpha value is -0.870. The average molecular weight is 263 g/mol. The lowest BCUT2D eigenvalue weighted by Crippen LogP contribution is -2.24. The summed E-state index contributed by atoms with van der Waals surface area (Å²) >= 11 is 0. The number of aliphatic hydroxyl groups is 1. The molecule has 0 bridgehead atoms. The molecule has 0 aliphatic heterocycles. The summed E-state index contributed by atoms with van der Waals surface area (Å²) in [5.74, 6) is 0. The molecule has 1 aromatic rings. The molecule has 4 heteroatoms. The molecule has 4 nitrogen and oxygen atoms in total. The molecule has 0 atom stereocenters. The van der Waals surface area contributed by atoms with Crippen molar-refractivity contribution in [1.82, 2.24) is 15.1 Å². The topological polar surface area (TPSA) is 50.1 Å². The Labute approximate surface area is 115 Å². The van der Waals surface area contributed by atoms with Crippen LogP contribution in [-0.4, -0.2) is 28.0 Å². The molecule has 0 amide bonds. The van der Waals surface area contributed by atoms with Gasteiger partial charge in [-0.3, -0.25) is 4.68 Å². The summed E-state index contributed by atoms with van der Waals surface area (Å²) in [6, 6.07) is 2.77. The summed E-state index contributed by atoms with van der Waals surface area (Å²) < 4.78 is 2.16. The van der Waals surface area contributed by atoms with Gasteiger partial charge in [-0.2, -0.15) is 5.10 Å². The van der Waals surface area contributed by atoms with Gasteiger partial charge in [-0.05, 0) is 43.6 Å². The second-order valence-corrected chi connectivity index (χ2v) is 6.30. The Bertz CT molecular complexity index is 405. The molecule has 0 aromatic carbocycles. The van der Waals surface area contributed by atoms with E-state index < -0.39 is 0 Å². The van der Waals surface area contributed by atoms with E-state index in [4.69, 9.17) is 5.11 Å². The Morgan fingerprint density at radius 1 is 1.37 bits per heavy atom. The molecule has 2 saturated carbocycles. The summed E-state index contributed by atoms with van der Waals surface area (Å²) in [7, 11) is 0. The first-order valence-electron chi connectivity index (χ1n) is 7.67. The summed E-state index contributed by atoms with van der Waals surface area (Å²) in [6.07, 6.45) is 10.9. The highest BCUT2D eigenvalue weighted by Gasteiger charge is 2.41. The third-order valence-corrected chi connectivity index (χ3v) is 4.77. The highest BCUT2D eigenvalue weighted by atomic mass is 16.3. The van der Waals surface area contributed by atoms with Gasteiger partial charge in [-0.25, -0.2) is 0 Å². The number of nitrogens with zero attached hydrogens (tertiary/aromatic N) is 2. The first kappa shape index (κ1) is 13.1. The summed E-state index contributed by atoms with van der Waals surface area (Å²) in [4.78, 5) is 0. The number of nitrogens with one attached hydrogen (secondary N) is 1. The van der Waals surface area contributed by atoms with E-state index in [-0.39, 0.29) is 0 Å². The fourth-order valence-corrected chi connectivity index (χ4v) is 3.23. The van der Waals surface area contributed by atoms with Crippen LogP contribution in [0.3, 0.4) is 0 Å². The van der Waals surface area contributed by atoms with E-state index in [2.05, 4.69) is 27.4 Å². The van der Waals surface area contributed by atoms with Crippen LogP contribution < -0.4 is 5.32 Å². The van der Waals surface area contributed by atoms with Crippen molar-refractivity contribution < 1.29 is 5.11 Å². The minimum Gasteiger partial charge on any atom is -0.396 e. The maximum atomic E-state index is 9.04. The van der Waals surface area contributed by atoms with E-state index in [9.17, 15) is 0 Å². The summed E-state index contributed by atoms with van der Waals surface area (Å²) in [5, 5.41) is 17.2. The molecule has 1 heterocycles. The van der Waals surface area contributed by atoms with Crippen LogP contribution >= 0.6 is 0 Å². The fourth-order valence-electron chi connectivity index (χ4n) is 3.23. The molecule has 2 N–H and O–H groups in total. The van der Waals surface area contributed by atoms with Crippen LogP contribution in [0.2, 0.25) is 0 Å². The second kappa shape index (κ2) is 5.63. The van der Waals surface area contributed by atoms with Gasteiger partial charge in [-0.1, -0.05) is 12.8 Å². The number of hydrogen-bond acceptors (Lipinski definition) is 3. The molecule has 0 spiro atoms. The monoisotopic (exact) mass is 263 g/mol. The Kier molecular flexibility index (Phi) is 3.89. The van der Waals surface area contributed by atoms with Crippen LogP contribution in [0.25, 0.3) is 0 Å². The normalized spacial score (nSPS) is 21.9. The quantitative estimate of drug-likeness (QED) is 0.793. The van der Waals surface area contributed by atoms with Gasteiger partial charge in [0, 0.05) is 25.9 Å². The standard InChI is InChI=1S/C15H25N3O/c19-10-8-15(6-7-15)12-16-11-13-5-9-18(17-13)14-3-1-2-4-14/h5,9,14,16,19H,1-4,6-8,10-12H2. The van der Waals surface area contributed by atoms with Crippen LogP contribution in [0, 0.1) is 5.41 Å². The maximum Gasteiger partial charge on any atom is 0.0762 e. The first-order chi connectivity index (χ1) is 9.31. The molecule has 0 saturated heterocycles. The van der Waals surface area contributed by atoms with Crippen molar-refractivity contribution in [2.24, 2.45) is 5.41 Å². The van der Waals surface area contributed by atoms with Crippen molar-refractivity contribution in [2.45, 2.75) is 57.5 Å². The predicted molar refractivity (Wildman–Crippen MR) is 74.8 cm³/mol. The van der Waals surface area contributed by atoms with Gasteiger partial charge in [0.1, 0.15) is 0 Å². The zero-order valence-corrected chi connectivity index (χ0v) is 11.6. The van der Waals surface area contributed by atoms with Gasteiger partial charge in [0.2, 0.25) is 0 Å². The Balaban J connectivity index is 1.45. The molecule has 0 radical (unpaired) electrons. The molecule has 2 fully saturated rings. The van der Waals surface area contributed by atoms with Crippen molar-refractivity contribution in [3.05, 3.63) is 18.0 Å². The molecular weight excluding hydrogens is 238 g/mol. The van der Waals surface area contributed by atoms with Gasteiger partial charge in [0.05, 0.1) is 11.7 Å². The number of aliphatic hydroxyl groups excluding tert-OH is 1. The highest BCUT2D eigenvalue weighted by molar-refractivity contribution is 5.01. The van der Waals surface area contributed by atoms with Gasteiger partial charge < -0.3 is 10.4 Å². The van der Waals surface area contributed by atoms with Gasteiger partial charge in [0.15, 0.2) is 0 Å². The minimum absolute atomic E-state index is 0.317. The average Bonchev–Trinajstić information content (AvgIpc) is 2.87. The van der Waals surface area contributed by atoms with E-state index in [0.29, 0.717) is 18.1 Å². The fraction of sp³-hybridized carbons (Fsp3) is 0.800. The lowest BCUT2D eigenvalue weighted by atomic mass is 10.0. The van der Waals surface area contributed by atoms with E-state index >= 15 is 0 Å². The Morgan fingerprint density at radius 2 is 2.16 bits per heavy atom. The van der Waals surface area contributed by atoms with Crippen molar-refractivity contribution >= 4 is 0 Å². The largest absolute Gasteiger partial charge is 0.396 e. The van der Waals surface area contributed by atoms with Crippen molar-refractivity contribution in [3.8, 4) is 0 Å². The zero-order chi connectivity index (χ0) is 13.1. The number of aromatic nitrogens is 2. The molecule has 3 rings (SSSR count). The Morgan fingerprint density at radius 3 is 2.84 bits per heavy atom. The first-order valence-corrected chi connectivity index (χ1v) is 7.67. The van der Waals surface area contributed by atoms with Crippen LogP contribution in [0.1, 0.15) is 56.7 Å². The molecule has 2 aliphatic carbocycles. The van der Waals surface area contributed by atoms with Crippen molar-refractivity contribution in [3.63, 3.8) is 0 Å². The zero-order valence-electron chi connectivity index (χ0n) is 11.6. The minimum atomic E-state index is 0.317. The van der Waals surface area contributed by atoms with Crippen LogP contribution in [-0.2, 0) is 6.54 Å². The lowest BCUT2D eigenvalue weighted by Gasteiger charge is -2.13. The maximum absolute atomic E-state index is 9.04. The summed E-state index contributed by atoms with van der Waals surface area (Å²) in [5.41, 5.74) is 1.54. The molecule has 1 aromatic heterocycles. The van der Waals surface area contributed by atoms with Crippen molar-refractivity contribution in [1.29, 1.82) is 0 Å². The predicted octanol–water partition coefficient (Wildman–Crippen LogP) is 2.25. The van der Waals surface area contributed by atoms with Crippen LogP contribution in [0.4, 0.5) is 0 Å². The smallest absolute Gasteiger partial charge is 0.0762 e. The molecule has 0 unspecified atom stereocenters. The highest BCUT2D eigenvalue weighted by Crippen LogP contribution is 2.47. The van der Waals surface area contributed by atoms with Gasteiger partial charge in [0.25, 0.3) is 0 Å². The molecular formula is C15H25N3O. The molecule has 19 heavy (non-hydrogen) atoms. The molecule has 2 aliphatic rings. The SMILES string of the molecule is OCCC1(CNCc2ccn(C3CCCC3)n2)CC1. The molecule has 106 valence electrons. The van der Waals surface area contributed by atoms with E-state index in [1.165, 1.54) is 38.5 Å². The third-order valence-electron chi connectivity index (χ3n) is 4.77. The van der Waals surface area contributed by atoms with Crippen LogP contribution in [0.15, 0.2) is 12.3 Å². The van der Waals surface area contributed by atoms with E-state index in [1.54, 1.807) is 0 Å². The van der Waals surface area contributed by atoms with E-state index in [0.717, 1.165) is 25.2 Å². The van der Waals surface area contributed by atoms with E-state index in [1.807, 2.05) is 0 Å². The number of hydrogen-bond donors (Lipinski definition) is 2. The summed E-state index contributed by atoms with van der Waals surface area (Å²) in [6.45, 7) is 2.19. The number of rotatable bonds is 7. The van der Waals surface area contributed by atoms with Crippen molar-refractivity contribution in [2.75, 3.05) is 13.2 Å². The van der Waals surface area contributed by atoms with Gasteiger partial charge >= 0.3 is 0 Å². The lowest BCUT2D eigenvalue weighted by molar-refractivity contribution is 0.245. The van der Waals surface area contributed by atoms with Gasteiger partial charge in [-0.15, -0.1) is 0 Å². The van der Waals surface area contributed by atoms with Crippen LogP contribution in [0.5, 0.6) is 0 Å². The second-order valence-electron chi connectivity index (χ2n) is 6.30.